The Kier molecular flexibility index (Phi) is 10.3. The largest absolute Gasteiger partial charge is 0.494 e. The lowest BCUT2D eigenvalue weighted by molar-refractivity contribution is 0.0303. The van der Waals surface area contributed by atoms with Crippen molar-refractivity contribution >= 4 is 34.8 Å². The minimum atomic E-state index is -0.303. The number of amides is 2. The van der Waals surface area contributed by atoms with Gasteiger partial charge in [-0.2, -0.15) is 0 Å². The van der Waals surface area contributed by atoms with Crippen LogP contribution in [-0.4, -0.2) is 54.7 Å². The van der Waals surface area contributed by atoms with Gasteiger partial charge in [0.1, 0.15) is 5.75 Å². The summed E-state index contributed by atoms with van der Waals surface area (Å²) in [5.74, 6) is 0.428. The summed E-state index contributed by atoms with van der Waals surface area (Å²) >= 11 is 5.27. The van der Waals surface area contributed by atoms with Crippen LogP contribution in [0.25, 0.3) is 0 Å². The molecule has 0 aliphatic carbocycles. The summed E-state index contributed by atoms with van der Waals surface area (Å²) in [5.41, 5.74) is 1.78. The number of anilines is 1. The lowest BCUT2D eigenvalue weighted by atomic mass is 10.1. The lowest BCUT2D eigenvalue weighted by Gasteiger charge is -2.26. The zero-order valence-electron chi connectivity index (χ0n) is 19.7. The summed E-state index contributed by atoms with van der Waals surface area (Å²) in [7, 11) is 0. The second-order valence-electron chi connectivity index (χ2n) is 8.18. The van der Waals surface area contributed by atoms with E-state index in [1.54, 1.807) is 53.4 Å². The third-order valence-corrected chi connectivity index (χ3v) is 5.75. The maximum atomic E-state index is 12.5. The summed E-state index contributed by atoms with van der Waals surface area (Å²) < 4.78 is 11.0. The SMILES string of the molecule is CCCCCCCOc1ccc(C(=O)NC(=S)Nc2ccc(C(=O)N3CCOCC3)cc2)cc1. The molecule has 0 bridgehead atoms. The fourth-order valence-electron chi connectivity index (χ4n) is 3.58. The van der Waals surface area contributed by atoms with E-state index >= 15 is 0 Å². The number of carbonyl (C=O) groups is 2. The first-order valence-electron chi connectivity index (χ1n) is 11.9. The molecular weight excluding hydrogens is 450 g/mol. The van der Waals surface area contributed by atoms with Crippen LogP contribution in [0.3, 0.4) is 0 Å². The average Bonchev–Trinajstić information content (AvgIpc) is 2.87. The van der Waals surface area contributed by atoms with E-state index in [0.717, 1.165) is 12.2 Å². The average molecular weight is 484 g/mol. The number of thiocarbonyl (C=S) groups is 1. The minimum absolute atomic E-state index is 0.0188. The van der Waals surface area contributed by atoms with Gasteiger partial charge in [0.2, 0.25) is 0 Å². The number of benzene rings is 2. The Morgan fingerprint density at radius 2 is 1.59 bits per heavy atom. The van der Waals surface area contributed by atoms with Crippen LogP contribution in [0.4, 0.5) is 5.69 Å². The number of nitrogens with one attached hydrogen (secondary N) is 2. The molecule has 1 fully saturated rings. The number of hydrogen-bond acceptors (Lipinski definition) is 5. The molecule has 1 saturated heterocycles. The van der Waals surface area contributed by atoms with Crippen molar-refractivity contribution in [3.8, 4) is 5.75 Å². The van der Waals surface area contributed by atoms with Gasteiger partial charge in [-0.25, -0.2) is 0 Å². The van der Waals surface area contributed by atoms with Crippen molar-refractivity contribution in [3.63, 3.8) is 0 Å². The maximum absolute atomic E-state index is 12.5. The molecule has 0 spiro atoms. The first-order valence-corrected chi connectivity index (χ1v) is 12.3. The zero-order valence-corrected chi connectivity index (χ0v) is 20.5. The van der Waals surface area contributed by atoms with Gasteiger partial charge in [-0.15, -0.1) is 0 Å². The molecule has 1 aliphatic rings. The molecule has 0 radical (unpaired) electrons. The molecule has 0 aromatic heterocycles. The highest BCUT2D eigenvalue weighted by Gasteiger charge is 2.18. The molecule has 182 valence electrons. The van der Waals surface area contributed by atoms with Gasteiger partial charge in [-0.1, -0.05) is 32.6 Å². The molecule has 3 rings (SSSR count). The summed E-state index contributed by atoms with van der Waals surface area (Å²) in [6.45, 7) is 5.20. The van der Waals surface area contributed by atoms with Crippen LogP contribution in [0.15, 0.2) is 48.5 Å². The van der Waals surface area contributed by atoms with E-state index in [1.165, 1.54) is 25.7 Å². The van der Waals surface area contributed by atoms with Gasteiger partial charge in [0.25, 0.3) is 11.8 Å². The highest BCUT2D eigenvalue weighted by Crippen LogP contribution is 2.15. The Balaban J connectivity index is 1.42. The van der Waals surface area contributed by atoms with Crippen LogP contribution in [0, 0.1) is 0 Å². The van der Waals surface area contributed by atoms with E-state index in [-0.39, 0.29) is 16.9 Å². The first kappa shape index (κ1) is 25.6. The number of rotatable bonds is 10. The predicted molar refractivity (Wildman–Crippen MR) is 138 cm³/mol. The highest BCUT2D eigenvalue weighted by molar-refractivity contribution is 7.80. The van der Waals surface area contributed by atoms with Gasteiger partial charge in [-0.05, 0) is 67.2 Å². The second-order valence-corrected chi connectivity index (χ2v) is 8.59. The van der Waals surface area contributed by atoms with Crippen molar-refractivity contribution in [1.29, 1.82) is 0 Å². The van der Waals surface area contributed by atoms with Gasteiger partial charge < -0.3 is 19.7 Å². The molecule has 2 N–H and O–H groups in total. The highest BCUT2D eigenvalue weighted by atomic mass is 32.1. The van der Waals surface area contributed by atoms with E-state index in [9.17, 15) is 9.59 Å². The van der Waals surface area contributed by atoms with Gasteiger partial charge in [0, 0.05) is 29.9 Å². The standard InChI is InChI=1S/C26H33N3O4S/c1-2-3-4-5-6-17-33-23-13-9-20(10-14-23)24(30)28-26(34)27-22-11-7-21(8-12-22)25(31)29-15-18-32-19-16-29/h7-14H,2-6,15-19H2,1H3,(H2,27,28,30,34). The monoisotopic (exact) mass is 483 g/mol. The molecule has 7 nitrogen and oxygen atoms in total. The Hall–Kier alpha value is -2.97. The van der Waals surface area contributed by atoms with Gasteiger partial charge >= 0.3 is 0 Å². The van der Waals surface area contributed by atoms with Crippen molar-refractivity contribution in [2.24, 2.45) is 0 Å². The van der Waals surface area contributed by atoms with Crippen molar-refractivity contribution < 1.29 is 19.1 Å². The Bertz CT molecular complexity index is 942. The maximum Gasteiger partial charge on any atom is 0.257 e. The summed E-state index contributed by atoms with van der Waals surface area (Å²) in [6, 6.07) is 14.0. The third-order valence-electron chi connectivity index (χ3n) is 5.55. The second kappa shape index (κ2) is 13.7. The van der Waals surface area contributed by atoms with Crippen LogP contribution in [-0.2, 0) is 4.74 Å². The van der Waals surface area contributed by atoms with E-state index in [1.807, 2.05) is 0 Å². The lowest BCUT2D eigenvalue weighted by Crippen LogP contribution is -2.40. The molecule has 0 saturated carbocycles. The zero-order chi connectivity index (χ0) is 24.2. The third kappa shape index (κ3) is 8.11. The normalized spacial score (nSPS) is 13.3. The van der Waals surface area contributed by atoms with Crippen LogP contribution >= 0.6 is 12.2 Å². The fourth-order valence-corrected chi connectivity index (χ4v) is 3.79. The van der Waals surface area contributed by atoms with Crippen molar-refractivity contribution in [1.82, 2.24) is 10.2 Å². The van der Waals surface area contributed by atoms with Gasteiger partial charge in [0.05, 0.1) is 19.8 Å². The number of carbonyl (C=O) groups excluding carboxylic acids is 2. The van der Waals surface area contributed by atoms with Crippen molar-refractivity contribution in [2.75, 3.05) is 38.2 Å². The van der Waals surface area contributed by atoms with E-state index < -0.39 is 0 Å². The number of ether oxygens (including phenoxy) is 2. The molecule has 1 heterocycles. The number of hydrogen-bond donors (Lipinski definition) is 2. The van der Waals surface area contributed by atoms with E-state index in [4.69, 9.17) is 21.7 Å². The molecule has 2 aromatic carbocycles. The Morgan fingerprint density at radius 1 is 0.941 bits per heavy atom. The van der Waals surface area contributed by atoms with Gasteiger partial charge in [0.15, 0.2) is 5.11 Å². The molecule has 0 unspecified atom stereocenters. The van der Waals surface area contributed by atoms with E-state index in [0.29, 0.717) is 49.7 Å². The minimum Gasteiger partial charge on any atom is -0.494 e. The number of unbranched alkanes of at least 4 members (excludes halogenated alkanes) is 4. The smallest absolute Gasteiger partial charge is 0.257 e. The fraction of sp³-hybridized carbons (Fsp3) is 0.423. The van der Waals surface area contributed by atoms with Crippen LogP contribution < -0.4 is 15.4 Å². The molecule has 0 atom stereocenters. The van der Waals surface area contributed by atoms with Gasteiger partial charge in [-0.3, -0.25) is 14.9 Å². The van der Waals surface area contributed by atoms with Crippen molar-refractivity contribution in [3.05, 3.63) is 59.7 Å². The Morgan fingerprint density at radius 3 is 2.26 bits per heavy atom. The predicted octanol–water partition coefficient (Wildman–Crippen LogP) is 4.64. The van der Waals surface area contributed by atoms with E-state index in [2.05, 4.69) is 17.6 Å². The topological polar surface area (TPSA) is 79.9 Å². The summed E-state index contributed by atoms with van der Waals surface area (Å²) in [5, 5.41) is 5.84. The quantitative estimate of drug-likeness (QED) is 0.379. The number of morpholine rings is 1. The first-order chi connectivity index (χ1) is 16.6. The molecular formula is C26H33N3O4S. The summed E-state index contributed by atoms with van der Waals surface area (Å²) in [4.78, 5) is 26.8. The molecule has 2 amide bonds. The number of nitrogens with zero attached hydrogens (tertiary/aromatic N) is 1. The van der Waals surface area contributed by atoms with Crippen LogP contribution in [0.5, 0.6) is 5.75 Å². The van der Waals surface area contributed by atoms with Crippen LogP contribution in [0.2, 0.25) is 0 Å². The molecule has 2 aromatic rings. The molecule has 1 aliphatic heterocycles. The van der Waals surface area contributed by atoms with Crippen LogP contribution in [0.1, 0.15) is 59.7 Å². The van der Waals surface area contributed by atoms with Crippen molar-refractivity contribution in [2.45, 2.75) is 39.0 Å². The summed E-state index contributed by atoms with van der Waals surface area (Å²) in [6.07, 6.45) is 5.94. The molecule has 34 heavy (non-hydrogen) atoms. The Labute approximate surface area is 206 Å². The molecule has 8 heteroatoms.